The van der Waals surface area contributed by atoms with Crippen molar-refractivity contribution in [3.63, 3.8) is 0 Å². The standard InChI is InChI=1S/C21H22F6O/c1-11(2)16-8-13(9-17(12(3)4)19(16)28)15-7-5-6-14(20(22,23)24)10-18(15)21(25,26)27/h6-12,28H,5H2,1-4H3. The van der Waals surface area contributed by atoms with E-state index in [4.69, 9.17) is 0 Å². The minimum absolute atomic E-state index is 0.00890. The van der Waals surface area contributed by atoms with Crippen molar-refractivity contribution in [3.05, 3.63) is 58.2 Å². The van der Waals surface area contributed by atoms with Gasteiger partial charge in [0.1, 0.15) is 5.75 Å². The fourth-order valence-electron chi connectivity index (χ4n) is 3.13. The lowest BCUT2D eigenvalue weighted by Gasteiger charge is -2.21. The summed E-state index contributed by atoms with van der Waals surface area (Å²) in [7, 11) is 0. The van der Waals surface area contributed by atoms with Crippen LogP contribution in [-0.4, -0.2) is 17.5 Å². The van der Waals surface area contributed by atoms with Crippen LogP contribution in [0.1, 0.15) is 62.6 Å². The lowest BCUT2D eigenvalue weighted by molar-refractivity contribution is -0.0927. The number of rotatable bonds is 3. The maximum Gasteiger partial charge on any atom is 0.417 e. The summed E-state index contributed by atoms with van der Waals surface area (Å²) < 4.78 is 80.2. The van der Waals surface area contributed by atoms with E-state index < -0.39 is 23.5 Å². The number of hydrogen-bond donors (Lipinski definition) is 1. The summed E-state index contributed by atoms with van der Waals surface area (Å²) in [6.45, 7) is 7.14. The van der Waals surface area contributed by atoms with E-state index in [9.17, 15) is 31.4 Å². The molecule has 28 heavy (non-hydrogen) atoms. The molecule has 0 saturated heterocycles. The van der Waals surface area contributed by atoms with Gasteiger partial charge in [0.25, 0.3) is 0 Å². The zero-order valence-electron chi connectivity index (χ0n) is 16.0. The average Bonchev–Trinajstić information content (AvgIpc) is 2.77. The Kier molecular flexibility index (Phi) is 6.07. The van der Waals surface area contributed by atoms with Gasteiger partial charge >= 0.3 is 12.4 Å². The molecule has 1 aromatic carbocycles. The molecule has 1 aromatic rings. The van der Waals surface area contributed by atoms with Crippen molar-refractivity contribution in [1.29, 1.82) is 0 Å². The fourth-order valence-corrected chi connectivity index (χ4v) is 3.13. The van der Waals surface area contributed by atoms with Crippen LogP contribution in [0.2, 0.25) is 0 Å². The second-order valence-corrected chi connectivity index (χ2v) is 7.38. The van der Waals surface area contributed by atoms with Crippen LogP contribution >= 0.6 is 0 Å². The van der Waals surface area contributed by atoms with Gasteiger partial charge in [-0.05, 0) is 58.7 Å². The highest BCUT2D eigenvalue weighted by Gasteiger charge is 2.41. The van der Waals surface area contributed by atoms with Crippen LogP contribution in [0.15, 0.2) is 41.5 Å². The lowest BCUT2D eigenvalue weighted by Crippen LogP contribution is -2.17. The average molecular weight is 404 g/mol. The highest BCUT2D eigenvalue weighted by Crippen LogP contribution is 2.44. The molecular formula is C21H22F6O. The number of phenols is 1. The van der Waals surface area contributed by atoms with E-state index in [0.29, 0.717) is 11.1 Å². The Morgan fingerprint density at radius 3 is 1.71 bits per heavy atom. The molecule has 0 heterocycles. The van der Waals surface area contributed by atoms with Gasteiger partial charge in [-0.15, -0.1) is 0 Å². The summed E-state index contributed by atoms with van der Waals surface area (Å²) in [5, 5.41) is 10.5. The maximum atomic E-state index is 13.7. The molecule has 154 valence electrons. The van der Waals surface area contributed by atoms with Crippen molar-refractivity contribution < 1.29 is 31.4 Å². The van der Waals surface area contributed by atoms with Gasteiger partial charge in [-0.2, -0.15) is 26.3 Å². The van der Waals surface area contributed by atoms with Crippen molar-refractivity contribution in [2.75, 3.05) is 0 Å². The van der Waals surface area contributed by atoms with Crippen LogP contribution < -0.4 is 0 Å². The van der Waals surface area contributed by atoms with Crippen molar-refractivity contribution in [2.24, 2.45) is 0 Å². The van der Waals surface area contributed by atoms with Crippen molar-refractivity contribution in [3.8, 4) is 5.75 Å². The summed E-state index contributed by atoms with van der Waals surface area (Å²) in [4.78, 5) is 0. The first-order valence-electron chi connectivity index (χ1n) is 8.87. The van der Waals surface area contributed by atoms with Crippen LogP contribution in [0.3, 0.4) is 0 Å². The highest BCUT2D eigenvalue weighted by atomic mass is 19.4. The molecule has 2 rings (SSSR count). The third-order valence-corrected chi connectivity index (χ3v) is 4.61. The Hall–Kier alpha value is -2.18. The smallest absolute Gasteiger partial charge is 0.417 e. The van der Waals surface area contributed by atoms with Gasteiger partial charge in [-0.25, -0.2) is 0 Å². The third-order valence-electron chi connectivity index (χ3n) is 4.61. The van der Waals surface area contributed by atoms with Gasteiger partial charge in [0.15, 0.2) is 0 Å². The first-order chi connectivity index (χ1) is 12.7. The van der Waals surface area contributed by atoms with Crippen molar-refractivity contribution >= 4 is 5.57 Å². The molecule has 0 aliphatic heterocycles. The number of aromatic hydroxyl groups is 1. The SMILES string of the molecule is CC(C)c1cc(C2=CCC=C(C(F)(F)F)C=C2C(F)(F)F)cc(C(C)C)c1O. The van der Waals surface area contributed by atoms with Crippen molar-refractivity contribution in [2.45, 2.75) is 58.3 Å². The van der Waals surface area contributed by atoms with E-state index in [1.165, 1.54) is 12.1 Å². The van der Waals surface area contributed by atoms with Crippen LogP contribution in [0, 0.1) is 0 Å². The quantitative estimate of drug-likeness (QED) is 0.520. The van der Waals surface area contributed by atoms with Crippen LogP contribution in [0.25, 0.3) is 5.57 Å². The van der Waals surface area contributed by atoms with E-state index in [1.807, 2.05) is 0 Å². The third kappa shape index (κ3) is 4.62. The molecule has 0 fully saturated rings. The fraction of sp³-hybridized carbons (Fsp3) is 0.429. The van der Waals surface area contributed by atoms with E-state index in [0.717, 1.165) is 12.2 Å². The molecule has 0 radical (unpaired) electrons. The van der Waals surface area contributed by atoms with Crippen LogP contribution in [0.5, 0.6) is 5.75 Å². The molecule has 0 unspecified atom stereocenters. The molecule has 1 nitrogen and oxygen atoms in total. The Morgan fingerprint density at radius 1 is 0.821 bits per heavy atom. The molecule has 1 aliphatic rings. The lowest BCUT2D eigenvalue weighted by atomic mass is 9.87. The largest absolute Gasteiger partial charge is 0.507 e. The molecule has 0 atom stereocenters. The molecule has 0 amide bonds. The summed E-state index contributed by atoms with van der Waals surface area (Å²) in [5.41, 5.74) is -1.92. The number of halogens is 6. The molecule has 0 spiro atoms. The molecule has 0 saturated carbocycles. The van der Waals surface area contributed by atoms with Gasteiger partial charge in [-0.1, -0.05) is 39.8 Å². The summed E-state index contributed by atoms with van der Waals surface area (Å²) >= 11 is 0. The molecule has 1 aliphatic carbocycles. The maximum absolute atomic E-state index is 13.7. The monoisotopic (exact) mass is 404 g/mol. The topological polar surface area (TPSA) is 20.2 Å². The molecule has 0 bridgehead atoms. The Morgan fingerprint density at radius 2 is 1.32 bits per heavy atom. The highest BCUT2D eigenvalue weighted by molar-refractivity contribution is 5.83. The van der Waals surface area contributed by atoms with Crippen molar-refractivity contribution in [1.82, 2.24) is 0 Å². The van der Waals surface area contributed by atoms with Gasteiger partial charge in [0.05, 0.1) is 11.1 Å². The van der Waals surface area contributed by atoms with Gasteiger partial charge in [-0.3, -0.25) is 0 Å². The van der Waals surface area contributed by atoms with Gasteiger partial charge in [0, 0.05) is 0 Å². The number of benzene rings is 1. The molecule has 7 heteroatoms. The minimum Gasteiger partial charge on any atom is -0.507 e. The summed E-state index contributed by atoms with van der Waals surface area (Å²) in [5.74, 6) is -0.341. The number of alkyl halides is 6. The predicted molar refractivity (Wildman–Crippen MR) is 97.2 cm³/mol. The van der Waals surface area contributed by atoms with Gasteiger partial charge in [0.2, 0.25) is 0 Å². The predicted octanol–water partition coefficient (Wildman–Crippen LogP) is 7.40. The van der Waals surface area contributed by atoms with Gasteiger partial charge < -0.3 is 5.11 Å². The normalized spacial score (nSPS) is 16.1. The molecule has 0 aromatic heterocycles. The Bertz CT molecular complexity index is 806. The summed E-state index contributed by atoms with van der Waals surface area (Å²) in [6.07, 6.45) is -8.06. The Balaban J connectivity index is 2.74. The van der Waals surface area contributed by atoms with Crippen LogP contribution in [0.4, 0.5) is 26.3 Å². The first kappa shape index (κ1) is 22.1. The number of allylic oxidation sites excluding steroid dienone is 6. The zero-order valence-corrected chi connectivity index (χ0v) is 16.0. The number of phenolic OH excluding ortho intramolecular Hbond substituents is 1. The van der Waals surface area contributed by atoms with E-state index in [2.05, 4.69) is 0 Å². The molecule has 1 N–H and O–H groups in total. The van der Waals surface area contributed by atoms with Crippen LogP contribution in [-0.2, 0) is 0 Å². The Labute approximate surface area is 160 Å². The van der Waals surface area contributed by atoms with E-state index in [1.54, 1.807) is 27.7 Å². The molecular weight excluding hydrogens is 382 g/mol. The second-order valence-electron chi connectivity index (χ2n) is 7.38. The van der Waals surface area contributed by atoms with E-state index >= 15 is 0 Å². The zero-order chi connectivity index (χ0) is 21.4. The second kappa shape index (κ2) is 7.68. The minimum atomic E-state index is -4.96. The first-order valence-corrected chi connectivity index (χ1v) is 8.87. The van der Waals surface area contributed by atoms with E-state index in [-0.39, 0.29) is 41.2 Å². The summed E-state index contributed by atoms with van der Waals surface area (Å²) in [6, 6.07) is 2.85. The number of hydrogen-bond acceptors (Lipinski definition) is 1.